The van der Waals surface area contributed by atoms with Crippen LogP contribution in [0.25, 0.3) is 0 Å². The van der Waals surface area contributed by atoms with Gasteiger partial charge in [-0.2, -0.15) is 4.31 Å². The number of rotatable bonds is 25. The average Bonchev–Trinajstić information content (AvgIpc) is 3.22. The van der Waals surface area contributed by atoms with Crippen LogP contribution in [-0.4, -0.2) is 89.8 Å². The Morgan fingerprint density at radius 3 is 2.15 bits per heavy atom. The number of nitrogens with two attached hydrogens (primary N) is 1. The van der Waals surface area contributed by atoms with Crippen LogP contribution in [0.4, 0.5) is 10.5 Å². The van der Waals surface area contributed by atoms with Crippen LogP contribution in [0, 0.1) is 5.92 Å². The number of methoxy groups -OCH3 is 2. The fourth-order valence-electron chi connectivity index (χ4n) is 6.63. The smallest absolute Gasteiger partial charge is 0.407 e. The molecule has 59 heavy (non-hydrogen) atoms. The molecule has 4 rings (SSSR count). The highest BCUT2D eigenvalue weighted by atomic mass is 32.2. The number of likely N-dealkylation sites (N-methyl/N-ethyl adjacent to an activating group) is 1. The molecule has 0 saturated heterocycles. The van der Waals surface area contributed by atoms with Crippen molar-refractivity contribution in [3.05, 3.63) is 114 Å². The molecule has 0 unspecified atom stereocenters. The van der Waals surface area contributed by atoms with E-state index in [1.165, 1.54) is 22.0 Å². The van der Waals surface area contributed by atoms with Crippen molar-refractivity contribution >= 4 is 27.7 Å². The predicted molar refractivity (Wildman–Crippen MR) is 232 cm³/mol. The summed E-state index contributed by atoms with van der Waals surface area (Å²) < 4.78 is 50.9. The SMILES string of the molecule is COc1ccc(CCCc2cccc(OCC(=O)N(C)CCCCCOC(=O)N[C@H](CCN(CC(C)C)S(=O)(=O)c3ccc(N)cc3)Cc3ccccc3)c2)cc1OC. The van der Waals surface area contributed by atoms with Gasteiger partial charge in [-0.1, -0.05) is 62.4 Å². The normalized spacial score (nSPS) is 11.9. The van der Waals surface area contributed by atoms with Gasteiger partial charge in [-0.25, -0.2) is 13.2 Å². The molecule has 4 aromatic carbocycles. The summed E-state index contributed by atoms with van der Waals surface area (Å²) in [6.07, 6.45) is 5.21. The maximum atomic E-state index is 13.6. The van der Waals surface area contributed by atoms with Crippen molar-refractivity contribution in [2.24, 2.45) is 5.92 Å². The monoisotopic (exact) mass is 830 g/mol. The minimum absolute atomic E-state index is 0.0540. The van der Waals surface area contributed by atoms with Crippen molar-refractivity contribution in [1.29, 1.82) is 0 Å². The molecule has 3 N–H and O–H groups in total. The molecule has 0 aliphatic rings. The molecule has 0 spiro atoms. The van der Waals surface area contributed by atoms with Gasteiger partial charge < -0.3 is 34.9 Å². The number of benzene rings is 4. The van der Waals surface area contributed by atoms with E-state index in [0.717, 1.165) is 49.0 Å². The zero-order valence-electron chi connectivity index (χ0n) is 35.2. The zero-order valence-corrected chi connectivity index (χ0v) is 36.0. The van der Waals surface area contributed by atoms with Crippen molar-refractivity contribution in [3.8, 4) is 17.2 Å². The van der Waals surface area contributed by atoms with Gasteiger partial charge >= 0.3 is 6.09 Å². The fourth-order valence-corrected chi connectivity index (χ4v) is 8.25. The van der Waals surface area contributed by atoms with E-state index < -0.39 is 16.1 Å². The van der Waals surface area contributed by atoms with Gasteiger partial charge in [0.25, 0.3) is 5.91 Å². The molecule has 4 aromatic rings. The zero-order chi connectivity index (χ0) is 42.6. The Morgan fingerprint density at radius 2 is 1.46 bits per heavy atom. The largest absolute Gasteiger partial charge is 0.493 e. The molecule has 0 heterocycles. The third kappa shape index (κ3) is 15.8. The second kappa shape index (κ2) is 24.0. The average molecular weight is 831 g/mol. The second-order valence-corrected chi connectivity index (χ2v) is 17.1. The Bertz CT molecular complexity index is 1990. The lowest BCUT2D eigenvalue weighted by Gasteiger charge is -2.27. The number of nitrogens with zero attached hydrogens (tertiary/aromatic N) is 2. The minimum Gasteiger partial charge on any atom is -0.493 e. The van der Waals surface area contributed by atoms with Crippen LogP contribution in [0.15, 0.2) is 102 Å². The number of hydrogen-bond donors (Lipinski definition) is 2. The third-order valence-electron chi connectivity index (χ3n) is 9.90. The highest BCUT2D eigenvalue weighted by molar-refractivity contribution is 7.89. The number of carbonyl (C=O) groups excluding carboxylic acids is 2. The topological polar surface area (TPSA) is 150 Å². The van der Waals surface area contributed by atoms with Gasteiger partial charge in [0, 0.05) is 38.4 Å². The number of carbonyl (C=O) groups is 2. The summed E-state index contributed by atoms with van der Waals surface area (Å²) in [4.78, 5) is 27.6. The first kappa shape index (κ1) is 46.4. The number of nitrogens with one attached hydrogen (secondary N) is 1. The number of amides is 2. The number of unbranched alkanes of at least 4 members (excludes halogenated alkanes) is 2. The summed E-state index contributed by atoms with van der Waals surface area (Å²) in [6, 6.07) is 29.4. The Balaban J connectivity index is 1.16. The van der Waals surface area contributed by atoms with Gasteiger partial charge in [-0.05, 0) is 123 Å². The van der Waals surface area contributed by atoms with Gasteiger partial charge in [0.05, 0.1) is 25.7 Å². The number of aryl methyl sites for hydroxylation is 2. The third-order valence-corrected chi connectivity index (χ3v) is 11.8. The number of sulfonamides is 1. The molecule has 2 amide bonds. The van der Waals surface area contributed by atoms with Crippen LogP contribution in [0.2, 0.25) is 0 Å². The highest BCUT2D eigenvalue weighted by Gasteiger charge is 2.27. The number of anilines is 1. The molecular formula is C46H62N4O8S. The first-order valence-corrected chi connectivity index (χ1v) is 21.8. The number of nitrogen functional groups attached to an aromatic ring is 1. The van der Waals surface area contributed by atoms with Gasteiger partial charge in [0.15, 0.2) is 18.1 Å². The highest BCUT2D eigenvalue weighted by Crippen LogP contribution is 2.28. The lowest BCUT2D eigenvalue weighted by Crippen LogP contribution is -2.42. The Kier molecular flexibility index (Phi) is 18.9. The van der Waals surface area contributed by atoms with E-state index in [9.17, 15) is 18.0 Å². The Labute approximate surface area is 351 Å². The molecule has 0 fully saturated rings. The van der Waals surface area contributed by atoms with E-state index in [1.807, 2.05) is 80.6 Å². The van der Waals surface area contributed by atoms with Gasteiger partial charge in [0.1, 0.15) is 5.75 Å². The molecular weight excluding hydrogens is 769 g/mol. The molecule has 0 aliphatic heterocycles. The Hall–Kier alpha value is -5.27. The van der Waals surface area contributed by atoms with E-state index in [2.05, 4.69) is 11.4 Å². The van der Waals surface area contributed by atoms with E-state index in [4.69, 9.17) is 24.7 Å². The van der Waals surface area contributed by atoms with E-state index in [1.54, 1.807) is 38.3 Å². The molecule has 12 nitrogen and oxygen atoms in total. The van der Waals surface area contributed by atoms with E-state index >= 15 is 0 Å². The number of alkyl carbamates (subject to hydrolysis) is 1. The molecule has 0 radical (unpaired) electrons. The summed E-state index contributed by atoms with van der Waals surface area (Å²) in [7, 11) is 1.24. The minimum atomic E-state index is -3.78. The van der Waals surface area contributed by atoms with Crippen molar-refractivity contribution in [3.63, 3.8) is 0 Å². The van der Waals surface area contributed by atoms with E-state index in [-0.39, 0.29) is 42.5 Å². The molecule has 0 saturated carbocycles. The maximum Gasteiger partial charge on any atom is 0.407 e. The first-order valence-electron chi connectivity index (χ1n) is 20.4. The molecule has 0 aromatic heterocycles. The van der Waals surface area contributed by atoms with Crippen molar-refractivity contribution in [2.75, 3.05) is 59.8 Å². The summed E-state index contributed by atoms with van der Waals surface area (Å²) in [5, 5.41) is 2.98. The second-order valence-electron chi connectivity index (χ2n) is 15.1. The quantitative estimate of drug-likeness (QED) is 0.0510. The van der Waals surface area contributed by atoms with Gasteiger partial charge in [0.2, 0.25) is 10.0 Å². The number of ether oxygens (including phenoxy) is 4. The summed E-state index contributed by atoms with van der Waals surface area (Å²) in [5.74, 6) is 2.08. The van der Waals surface area contributed by atoms with Crippen LogP contribution >= 0.6 is 0 Å². The molecule has 13 heteroatoms. The van der Waals surface area contributed by atoms with Crippen LogP contribution in [0.5, 0.6) is 17.2 Å². The van der Waals surface area contributed by atoms with E-state index in [0.29, 0.717) is 49.5 Å². The van der Waals surface area contributed by atoms with Crippen molar-refractivity contribution < 1.29 is 37.0 Å². The molecule has 320 valence electrons. The summed E-state index contributed by atoms with van der Waals surface area (Å²) in [5.41, 5.74) is 9.63. The summed E-state index contributed by atoms with van der Waals surface area (Å²) >= 11 is 0. The van der Waals surface area contributed by atoms with Crippen molar-refractivity contribution in [2.45, 2.75) is 76.2 Å². The van der Waals surface area contributed by atoms with Crippen molar-refractivity contribution in [1.82, 2.24) is 14.5 Å². The number of hydrogen-bond acceptors (Lipinski definition) is 9. The Morgan fingerprint density at radius 1 is 0.763 bits per heavy atom. The lowest BCUT2D eigenvalue weighted by atomic mass is 10.0. The molecule has 0 aliphatic carbocycles. The molecule has 0 bridgehead atoms. The standard InChI is InChI=1S/C46H62N4O8S/c1-35(2)33-50(59(53,54)42-23-21-39(47)22-24-42)28-26-40(30-36-14-8-6-9-15-36)48-46(52)57-29-11-7-10-27-49(3)45(51)34-58-41-19-13-18-37(31-41)16-12-17-38-20-25-43(55-4)44(32-38)56-5/h6,8-9,13-15,18-25,31-32,35,40H,7,10-12,16-17,26-30,33-34,47H2,1-5H3,(H,48,52)/t40-/m1/s1. The van der Waals surface area contributed by atoms with Gasteiger partial charge in [-0.3, -0.25) is 4.79 Å². The van der Waals surface area contributed by atoms with Crippen LogP contribution in [-0.2, 0) is 38.8 Å². The van der Waals surface area contributed by atoms with Gasteiger partial charge in [-0.15, -0.1) is 0 Å². The lowest BCUT2D eigenvalue weighted by molar-refractivity contribution is -0.132. The maximum absolute atomic E-state index is 13.6. The molecule has 1 atom stereocenters. The summed E-state index contributed by atoms with van der Waals surface area (Å²) in [6.45, 7) is 5.22. The van der Waals surface area contributed by atoms with Crippen LogP contribution < -0.4 is 25.3 Å². The predicted octanol–water partition coefficient (Wildman–Crippen LogP) is 7.54. The fraction of sp³-hybridized carbons (Fsp3) is 0.435. The first-order chi connectivity index (χ1) is 28.4. The van der Waals surface area contributed by atoms with Crippen LogP contribution in [0.3, 0.4) is 0 Å². The van der Waals surface area contributed by atoms with Crippen LogP contribution in [0.1, 0.15) is 62.6 Å².